The quantitative estimate of drug-likeness (QED) is 0.607. The summed E-state index contributed by atoms with van der Waals surface area (Å²) in [5.41, 5.74) is 1.37. The van der Waals surface area contributed by atoms with E-state index in [0.717, 1.165) is 5.75 Å². The third kappa shape index (κ3) is 2.88. The second-order valence-corrected chi connectivity index (χ2v) is 3.97. The van der Waals surface area contributed by atoms with Crippen LogP contribution in [0.2, 0.25) is 0 Å². The molecule has 2 nitrogen and oxygen atoms in total. The van der Waals surface area contributed by atoms with Crippen LogP contribution in [-0.2, 0) is 0 Å². The Labute approximate surface area is 105 Å². The van der Waals surface area contributed by atoms with Crippen molar-refractivity contribution in [3.05, 3.63) is 65.7 Å². The number of carbonyl (C=O) groups is 1. The Bertz CT molecular complexity index is 491. The molecule has 0 saturated carbocycles. The predicted octanol–water partition coefficient (Wildman–Crippen LogP) is 3.57. The maximum Gasteiger partial charge on any atom is 0.193 e. The van der Waals surface area contributed by atoms with Crippen molar-refractivity contribution in [3.8, 4) is 5.75 Å². The maximum absolute atomic E-state index is 12.1. The summed E-state index contributed by atoms with van der Waals surface area (Å²) in [5, 5.41) is 0. The molecule has 0 fully saturated rings. The second-order valence-electron chi connectivity index (χ2n) is 3.47. The van der Waals surface area contributed by atoms with Gasteiger partial charge in [-0.15, -0.1) is 0 Å². The first-order valence-corrected chi connectivity index (χ1v) is 6.37. The van der Waals surface area contributed by atoms with Crippen molar-refractivity contribution in [2.75, 3.05) is 6.26 Å². The first-order valence-electron chi connectivity index (χ1n) is 5.22. The minimum atomic E-state index is 0.0290. The first-order chi connectivity index (χ1) is 8.31. The molecule has 0 radical (unpaired) electrons. The fourth-order valence-corrected chi connectivity index (χ4v) is 1.82. The van der Waals surface area contributed by atoms with Crippen LogP contribution >= 0.6 is 12.0 Å². The van der Waals surface area contributed by atoms with E-state index in [2.05, 4.69) is 0 Å². The molecule has 0 heterocycles. The number of rotatable bonds is 4. The van der Waals surface area contributed by atoms with E-state index in [1.807, 2.05) is 36.6 Å². The Kier molecular flexibility index (Phi) is 3.83. The van der Waals surface area contributed by atoms with E-state index in [1.54, 1.807) is 24.3 Å². The number of benzene rings is 2. The molecule has 0 bridgehead atoms. The highest BCUT2D eigenvalue weighted by Gasteiger charge is 2.07. The summed E-state index contributed by atoms with van der Waals surface area (Å²) in [5.74, 6) is 0.781. The molecule has 0 saturated heterocycles. The fraction of sp³-hybridized carbons (Fsp3) is 0.0714. The molecule has 2 rings (SSSR count). The van der Waals surface area contributed by atoms with E-state index in [-0.39, 0.29) is 5.78 Å². The van der Waals surface area contributed by atoms with Crippen LogP contribution in [0.25, 0.3) is 0 Å². The van der Waals surface area contributed by atoms with Crippen molar-refractivity contribution < 1.29 is 8.98 Å². The third-order valence-electron chi connectivity index (χ3n) is 2.33. The lowest BCUT2D eigenvalue weighted by Gasteiger charge is -2.03. The van der Waals surface area contributed by atoms with Crippen LogP contribution in [-0.4, -0.2) is 12.0 Å². The van der Waals surface area contributed by atoms with Crippen molar-refractivity contribution in [1.82, 2.24) is 0 Å². The average Bonchev–Trinajstić information content (AvgIpc) is 2.40. The van der Waals surface area contributed by atoms with Crippen molar-refractivity contribution >= 4 is 17.8 Å². The highest BCUT2D eigenvalue weighted by Crippen LogP contribution is 2.17. The molecule has 0 atom stereocenters. The molecule has 0 spiro atoms. The van der Waals surface area contributed by atoms with Gasteiger partial charge in [0.15, 0.2) is 5.78 Å². The topological polar surface area (TPSA) is 26.3 Å². The van der Waals surface area contributed by atoms with Gasteiger partial charge in [0, 0.05) is 17.4 Å². The second kappa shape index (κ2) is 5.55. The van der Waals surface area contributed by atoms with Crippen molar-refractivity contribution in [3.63, 3.8) is 0 Å². The minimum Gasteiger partial charge on any atom is -0.426 e. The monoisotopic (exact) mass is 244 g/mol. The molecule has 0 amide bonds. The van der Waals surface area contributed by atoms with Crippen LogP contribution in [0.15, 0.2) is 54.6 Å². The molecule has 17 heavy (non-hydrogen) atoms. The Morgan fingerprint density at radius 3 is 2.12 bits per heavy atom. The highest BCUT2D eigenvalue weighted by atomic mass is 32.2. The summed E-state index contributed by atoms with van der Waals surface area (Å²) in [6, 6.07) is 16.4. The molecule has 2 aromatic rings. The predicted molar refractivity (Wildman–Crippen MR) is 70.5 cm³/mol. The van der Waals surface area contributed by atoms with Crippen LogP contribution in [0.3, 0.4) is 0 Å². The molecule has 0 N–H and O–H groups in total. The van der Waals surface area contributed by atoms with Gasteiger partial charge in [0.05, 0.1) is 12.0 Å². The molecule has 0 aliphatic carbocycles. The zero-order valence-corrected chi connectivity index (χ0v) is 10.2. The van der Waals surface area contributed by atoms with Gasteiger partial charge >= 0.3 is 0 Å². The van der Waals surface area contributed by atoms with Gasteiger partial charge in [0.1, 0.15) is 5.75 Å². The van der Waals surface area contributed by atoms with Crippen LogP contribution in [0.4, 0.5) is 0 Å². The van der Waals surface area contributed by atoms with Crippen molar-refractivity contribution in [1.29, 1.82) is 0 Å². The van der Waals surface area contributed by atoms with E-state index in [9.17, 15) is 4.79 Å². The van der Waals surface area contributed by atoms with E-state index in [0.29, 0.717) is 11.1 Å². The van der Waals surface area contributed by atoms with Gasteiger partial charge in [-0.25, -0.2) is 0 Å². The van der Waals surface area contributed by atoms with Gasteiger partial charge in [0.25, 0.3) is 0 Å². The molecule has 2 aromatic carbocycles. The zero-order valence-electron chi connectivity index (χ0n) is 9.42. The van der Waals surface area contributed by atoms with Gasteiger partial charge in [-0.1, -0.05) is 30.3 Å². The lowest BCUT2D eigenvalue weighted by Crippen LogP contribution is -2.00. The van der Waals surface area contributed by atoms with E-state index in [1.165, 1.54) is 12.0 Å². The van der Waals surface area contributed by atoms with Crippen LogP contribution in [0.1, 0.15) is 15.9 Å². The molecule has 3 heteroatoms. The lowest BCUT2D eigenvalue weighted by atomic mass is 10.0. The van der Waals surface area contributed by atoms with Crippen LogP contribution in [0.5, 0.6) is 5.75 Å². The zero-order chi connectivity index (χ0) is 12.1. The van der Waals surface area contributed by atoms with E-state index in [4.69, 9.17) is 4.18 Å². The maximum atomic E-state index is 12.1. The minimum absolute atomic E-state index is 0.0290. The normalized spacial score (nSPS) is 9.94. The summed E-state index contributed by atoms with van der Waals surface area (Å²) < 4.78 is 5.25. The number of carbonyl (C=O) groups excluding carboxylic acids is 1. The van der Waals surface area contributed by atoms with Gasteiger partial charge in [-0.2, -0.15) is 0 Å². The Morgan fingerprint density at radius 1 is 0.941 bits per heavy atom. The number of ketones is 1. The smallest absolute Gasteiger partial charge is 0.193 e. The summed E-state index contributed by atoms with van der Waals surface area (Å²) in [7, 11) is 0. The standard InChI is InChI=1S/C14H12O2S/c1-17-16-13-9-7-12(8-10-13)14(15)11-5-3-2-4-6-11/h2-10H,1H3. The van der Waals surface area contributed by atoms with Crippen molar-refractivity contribution in [2.45, 2.75) is 0 Å². The molecule has 0 aliphatic rings. The van der Waals surface area contributed by atoms with E-state index < -0.39 is 0 Å². The SMILES string of the molecule is CSOc1ccc(C(=O)c2ccccc2)cc1. The molecular formula is C14H12O2S. The number of hydrogen-bond donors (Lipinski definition) is 0. The van der Waals surface area contributed by atoms with Gasteiger partial charge in [-0.3, -0.25) is 4.79 Å². The molecule has 0 aliphatic heterocycles. The molecule has 86 valence electrons. The van der Waals surface area contributed by atoms with E-state index >= 15 is 0 Å². The average molecular weight is 244 g/mol. The summed E-state index contributed by atoms with van der Waals surface area (Å²) in [6.45, 7) is 0. The third-order valence-corrected chi connectivity index (χ3v) is 2.69. The fourth-order valence-electron chi connectivity index (χ4n) is 1.51. The number of hydrogen-bond acceptors (Lipinski definition) is 3. The summed E-state index contributed by atoms with van der Waals surface area (Å²) in [6.07, 6.45) is 1.85. The first kappa shape index (κ1) is 11.7. The molecular weight excluding hydrogens is 232 g/mol. The van der Waals surface area contributed by atoms with Crippen molar-refractivity contribution in [2.24, 2.45) is 0 Å². The Morgan fingerprint density at radius 2 is 1.53 bits per heavy atom. The Balaban J connectivity index is 2.20. The largest absolute Gasteiger partial charge is 0.426 e. The summed E-state index contributed by atoms with van der Waals surface area (Å²) in [4.78, 5) is 12.1. The van der Waals surface area contributed by atoms with Crippen LogP contribution < -0.4 is 4.18 Å². The van der Waals surface area contributed by atoms with Gasteiger partial charge in [0.2, 0.25) is 0 Å². The van der Waals surface area contributed by atoms with Gasteiger partial charge in [-0.05, 0) is 24.3 Å². The summed E-state index contributed by atoms with van der Waals surface area (Å²) >= 11 is 1.28. The molecule has 0 unspecified atom stereocenters. The highest BCUT2D eigenvalue weighted by molar-refractivity contribution is 7.94. The van der Waals surface area contributed by atoms with Crippen LogP contribution in [0, 0.1) is 0 Å². The van der Waals surface area contributed by atoms with Gasteiger partial charge < -0.3 is 4.18 Å². The Hall–Kier alpha value is -1.74. The molecule has 0 aromatic heterocycles. The lowest BCUT2D eigenvalue weighted by molar-refractivity contribution is 0.103.